The maximum atomic E-state index is 11.9. The van der Waals surface area contributed by atoms with Gasteiger partial charge in [0.1, 0.15) is 0 Å². The van der Waals surface area contributed by atoms with E-state index in [-0.39, 0.29) is 11.0 Å². The van der Waals surface area contributed by atoms with Crippen molar-refractivity contribution in [1.29, 1.82) is 0 Å². The molecule has 1 aromatic heterocycles. The van der Waals surface area contributed by atoms with Crippen LogP contribution in [0.5, 0.6) is 0 Å². The number of halogens is 1. The van der Waals surface area contributed by atoms with Crippen molar-refractivity contribution < 1.29 is 9.21 Å². The van der Waals surface area contributed by atoms with Gasteiger partial charge in [-0.1, -0.05) is 23.8 Å². The highest BCUT2D eigenvalue weighted by atomic mass is 35.5. The minimum Gasteiger partial charge on any atom is -0.452 e. The minimum atomic E-state index is -0.113. The lowest BCUT2D eigenvalue weighted by molar-refractivity contribution is 0.103. The van der Waals surface area contributed by atoms with Crippen LogP contribution in [0.3, 0.4) is 0 Å². The van der Waals surface area contributed by atoms with Gasteiger partial charge in [-0.2, -0.15) is 0 Å². The average molecular weight is 221 g/mol. The fourth-order valence-electron chi connectivity index (χ4n) is 1.40. The molecule has 0 aliphatic heterocycles. The first-order valence-corrected chi connectivity index (χ1v) is 4.90. The van der Waals surface area contributed by atoms with Gasteiger partial charge in [-0.15, -0.1) is 0 Å². The molecule has 76 valence electrons. The molecule has 0 saturated carbocycles. The van der Waals surface area contributed by atoms with Gasteiger partial charge < -0.3 is 4.42 Å². The van der Waals surface area contributed by atoms with Gasteiger partial charge in [0.15, 0.2) is 5.78 Å². The Kier molecular flexibility index (Phi) is 2.60. The van der Waals surface area contributed by atoms with E-state index in [1.807, 2.05) is 25.1 Å². The van der Waals surface area contributed by atoms with Crippen molar-refractivity contribution in [2.75, 3.05) is 0 Å². The molecular formula is C12H9ClO2. The predicted molar refractivity (Wildman–Crippen MR) is 58.3 cm³/mol. The van der Waals surface area contributed by atoms with E-state index < -0.39 is 0 Å². The van der Waals surface area contributed by atoms with E-state index in [4.69, 9.17) is 16.0 Å². The Labute approximate surface area is 92.5 Å². The van der Waals surface area contributed by atoms with Crippen molar-refractivity contribution in [3.8, 4) is 0 Å². The van der Waals surface area contributed by atoms with Crippen LogP contribution in [-0.2, 0) is 0 Å². The molecule has 3 heteroatoms. The van der Waals surface area contributed by atoms with E-state index in [0.29, 0.717) is 11.1 Å². The Bertz CT molecular complexity index is 500. The molecule has 0 radical (unpaired) electrons. The first-order valence-electron chi connectivity index (χ1n) is 4.53. The average Bonchev–Trinajstić information content (AvgIpc) is 2.63. The van der Waals surface area contributed by atoms with Gasteiger partial charge in [0.25, 0.3) is 0 Å². The van der Waals surface area contributed by atoms with Crippen molar-refractivity contribution >= 4 is 17.4 Å². The number of benzene rings is 1. The number of ketones is 1. The summed E-state index contributed by atoms with van der Waals surface area (Å²) in [6.45, 7) is 1.94. The summed E-state index contributed by atoms with van der Waals surface area (Å²) in [6.07, 6.45) is 1.41. The van der Waals surface area contributed by atoms with E-state index in [1.165, 1.54) is 6.26 Å². The molecule has 2 nitrogen and oxygen atoms in total. The second kappa shape index (κ2) is 3.91. The number of hydrogen-bond donors (Lipinski definition) is 0. The number of carbonyl (C=O) groups is 1. The quantitative estimate of drug-likeness (QED) is 0.726. The summed E-state index contributed by atoms with van der Waals surface area (Å²) in [4.78, 5) is 11.9. The number of furan rings is 1. The number of aryl methyl sites for hydroxylation is 1. The molecule has 2 aromatic rings. The smallest absolute Gasteiger partial charge is 0.204 e. The van der Waals surface area contributed by atoms with Crippen molar-refractivity contribution in [2.45, 2.75) is 6.92 Å². The molecule has 0 unspecified atom stereocenters. The van der Waals surface area contributed by atoms with Gasteiger partial charge in [0.2, 0.25) is 5.22 Å². The molecule has 0 spiro atoms. The first-order chi connectivity index (χ1) is 7.18. The lowest BCUT2D eigenvalue weighted by Gasteiger charge is -1.99. The first kappa shape index (κ1) is 9.99. The summed E-state index contributed by atoms with van der Waals surface area (Å²) in [5, 5.41) is 0.140. The fourth-order valence-corrected chi connectivity index (χ4v) is 1.60. The molecule has 0 saturated heterocycles. The summed E-state index contributed by atoms with van der Waals surface area (Å²) in [5.41, 5.74) is 2.07. The SMILES string of the molecule is Cc1cccc(C(=O)c2ccoc2Cl)c1. The molecule has 1 heterocycles. The number of rotatable bonds is 2. The van der Waals surface area contributed by atoms with Gasteiger partial charge in [0.05, 0.1) is 11.8 Å². The molecule has 0 amide bonds. The molecule has 15 heavy (non-hydrogen) atoms. The molecule has 0 bridgehead atoms. The summed E-state index contributed by atoms with van der Waals surface area (Å²) < 4.78 is 4.88. The van der Waals surface area contributed by atoms with Crippen molar-refractivity contribution in [3.05, 3.63) is 58.5 Å². The Balaban J connectivity index is 2.41. The standard InChI is InChI=1S/C12H9ClO2/c1-8-3-2-4-9(7-8)11(14)10-5-6-15-12(10)13/h2-7H,1H3. The minimum absolute atomic E-state index is 0.113. The Morgan fingerprint density at radius 1 is 1.33 bits per heavy atom. The Hall–Kier alpha value is -1.54. The molecule has 1 aromatic carbocycles. The zero-order valence-corrected chi connectivity index (χ0v) is 8.91. The summed E-state index contributed by atoms with van der Waals surface area (Å²) in [5.74, 6) is -0.113. The lowest BCUT2D eigenvalue weighted by Crippen LogP contribution is -2.00. The molecule has 0 N–H and O–H groups in total. The van der Waals surface area contributed by atoms with Crippen LogP contribution in [0, 0.1) is 6.92 Å². The number of carbonyl (C=O) groups excluding carboxylic acids is 1. The van der Waals surface area contributed by atoms with E-state index in [2.05, 4.69) is 0 Å². The maximum absolute atomic E-state index is 11.9. The maximum Gasteiger partial charge on any atom is 0.204 e. The van der Waals surface area contributed by atoms with Crippen LogP contribution in [0.2, 0.25) is 5.22 Å². The van der Waals surface area contributed by atoms with Crippen LogP contribution in [0.25, 0.3) is 0 Å². The van der Waals surface area contributed by atoms with Crippen LogP contribution >= 0.6 is 11.6 Å². The van der Waals surface area contributed by atoms with Gasteiger partial charge in [-0.25, -0.2) is 0 Å². The van der Waals surface area contributed by atoms with Crippen LogP contribution in [0.15, 0.2) is 41.0 Å². The molecule has 0 atom stereocenters. The van der Waals surface area contributed by atoms with Crippen LogP contribution < -0.4 is 0 Å². The highest BCUT2D eigenvalue weighted by Gasteiger charge is 2.14. The third-order valence-electron chi connectivity index (χ3n) is 2.14. The molecule has 2 rings (SSSR count). The monoisotopic (exact) mass is 220 g/mol. The molecule has 0 aliphatic carbocycles. The third-order valence-corrected chi connectivity index (χ3v) is 2.44. The Morgan fingerprint density at radius 2 is 2.13 bits per heavy atom. The third kappa shape index (κ3) is 1.95. The molecule has 0 aliphatic rings. The van der Waals surface area contributed by atoms with Gasteiger partial charge in [-0.3, -0.25) is 4.79 Å². The van der Waals surface area contributed by atoms with Crippen molar-refractivity contribution in [2.24, 2.45) is 0 Å². The topological polar surface area (TPSA) is 30.2 Å². The second-order valence-electron chi connectivity index (χ2n) is 3.31. The lowest BCUT2D eigenvalue weighted by atomic mass is 10.0. The van der Waals surface area contributed by atoms with E-state index >= 15 is 0 Å². The summed E-state index contributed by atoms with van der Waals surface area (Å²) in [6, 6.07) is 8.95. The molecular weight excluding hydrogens is 212 g/mol. The van der Waals surface area contributed by atoms with E-state index in [0.717, 1.165) is 5.56 Å². The zero-order valence-electron chi connectivity index (χ0n) is 8.16. The normalized spacial score (nSPS) is 10.3. The second-order valence-corrected chi connectivity index (χ2v) is 3.65. The zero-order chi connectivity index (χ0) is 10.8. The van der Waals surface area contributed by atoms with Gasteiger partial charge in [-0.05, 0) is 30.7 Å². The number of hydrogen-bond acceptors (Lipinski definition) is 2. The van der Waals surface area contributed by atoms with E-state index in [1.54, 1.807) is 12.1 Å². The van der Waals surface area contributed by atoms with Crippen molar-refractivity contribution in [3.63, 3.8) is 0 Å². The van der Waals surface area contributed by atoms with Crippen molar-refractivity contribution in [1.82, 2.24) is 0 Å². The fraction of sp³-hybridized carbons (Fsp3) is 0.0833. The van der Waals surface area contributed by atoms with Crippen LogP contribution in [-0.4, -0.2) is 5.78 Å². The highest BCUT2D eigenvalue weighted by Crippen LogP contribution is 2.20. The van der Waals surface area contributed by atoms with Gasteiger partial charge in [0, 0.05) is 5.56 Å². The largest absolute Gasteiger partial charge is 0.452 e. The van der Waals surface area contributed by atoms with Gasteiger partial charge >= 0.3 is 0 Å². The van der Waals surface area contributed by atoms with E-state index in [9.17, 15) is 4.79 Å². The van der Waals surface area contributed by atoms with Crippen LogP contribution in [0.1, 0.15) is 21.5 Å². The molecule has 0 fully saturated rings. The summed E-state index contributed by atoms with van der Waals surface area (Å²) in [7, 11) is 0. The van der Waals surface area contributed by atoms with Crippen LogP contribution in [0.4, 0.5) is 0 Å². The predicted octanol–water partition coefficient (Wildman–Crippen LogP) is 3.47. The Morgan fingerprint density at radius 3 is 2.73 bits per heavy atom. The summed E-state index contributed by atoms with van der Waals surface area (Å²) >= 11 is 5.74. The highest BCUT2D eigenvalue weighted by molar-refractivity contribution is 6.33.